The summed E-state index contributed by atoms with van der Waals surface area (Å²) >= 11 is 0. The number of hydrogen-bond acceptors (Lipinski definition) is 2. The van der Waals surface area contributed by atoms with E-state index in [1.54, 1.807) is 5.57 Å². The number of aryl methyl sites for hydroxylation is 1. The van der Waals surface area contributed by atoms with Gasteiger partial charge in [0, 0.05) is 32.4 Å². The first-order chi connectivity index (χ1) is 8.74. The maximum Gasteiger partial charge on any atom is 0.0764 e. The van der Waals surface area contributed by atoms with Crippen LogP contribution in [0.15, 0.2) is 23.9 Å². The fourth-order valence-electron chi connectivity index (χ4n) is 3.41. The van der Waals surface area contributed by atoms with Crippen molar-refractivity contribution in [3.05, 3.63) is 29.6 Å². The molecule has 1 fully saturated rings. The second kappa shape index (κ2) is 4.88. The molecule has 3 rings (SSSR count). The maximum atomic E-state index is 4.59. The molecule has 0 bridgehead atoms. The van der Waals surface area contributed by atoms with Gasteiger partial charge in [-0.3, -0.25) is 9.58 Å². The number of fused-ring (bicyclic) bond motifs is 1. The van der Waals surface area contributed by atoms with Crippen LogP contribution in [0, 0.1) is 11.8 Å². The van der Waals surface area contributed by atoms with Crippen LogP contribution < -0.4 is 0 Å². The first-order valence-corrected chi connectivity index (χ1v) is 7.15. The Morgan fingerprint density at radius 3 is 2.94 bits per heavy atom. The molecule has 0 unspecified atom stereocenters. The van der Waals surface area contributed by atoms with E-state index in [2.05, 4.69) is 42.2 Å². The molecule has 3 nitrogen and oxygen atoms in total. The normalized spacial score (nSPS) is 28.2. The number of rotatable bonds is 3. The lowest BCUT2D eigenvalue weighted by molar-refractivity contribution is 0.308. The topological polar surface area (TPSA) is 21.1 Å². The minimum atomic E-state index is 0.891. The van der Waals surface area contributed by atoms with Crippen LogP contribution >= 0.6 is 0 Å². The van der Waals surface area contributed by atoms with Crippen LogP contribution in [0.2, 0.25) is 0 Å². The van der Waals surface area contributed by atoms with E-state index in [0.29, 0.717) is 0 Å². The second-order valence-corrected chi connectivity index (χ2v) is 5.87. The third-order valence-electron chi connectivity index (χ3n) is 4.41. The maximum absolute atomic E-state index is 4.59. The van der Waals surface area contributed by atoms with Crippen molar-refractivity contribution < 1.29 is 0 Å². The smallest absolute Gasteiger partial charge is 0.0764 e. The van der Waals surface area contributed by atoms with Crippen LogP contribution in [0.4, 0.5) is 0 Å². The Hall–Kier alpha value is -1.09. The molecular weight excluding hydrogens is 222 g/mol. The van der Waals surface area contributed by atoms with Gasteiger partial charge in [-0.25, -0.2) is 0 Å². The molecule has 1 saturated heterocycles. The van der Waals surface area contributed by atoms with Gasteiger partial charge in [0.25, 0.3) is 0 Å². The largest absolute Gasteiger partial charge is 0.297 e. The summed E-state index contributed by atoms with van der Waals surface area (Å²) in [6.07, 6.45) is 7.13. The molecule has 18 heavy (non-hydrogen) atoms. The van der Waals surface area contributed by atoms with Gasteiger partial charge in [0.15, 0.2) is 0 Å². The van der Waals surface area contributed by atoms with Gasteiger partial charge in [-0.2, -0.15) is 5.10 Å². The number of nitrogens with zero attached hydrogens (tertiary/aromatic N) is 3. The monoisotopic (exact) mass is 245 g/mol. The highest BCUT2D eigenvalue weighted by molar-refractivity contribution is 5.09. The molecule has 0 N–H and O–H groups in total. The van der Waals surface area contributed by atoms with Crippen molar-refractivity contribution in [1.82, 2.24) is 14.7 Å². The molecule has 2 atom stereocenters. The highest BCUT2D eigenvalue weighted by Gasteiger charge is 2.33. The van der Waals surface area contributed by atoms with Gasteiger partial charge in [-0.15, -0.1) is 0 Å². The van der Waals surface area contributed by atoms with Gasteiger partial charge in [-0.05, 0) is 44.6 Å². The molecule has 1 aliphatic heterocycles. The number of likely N-dealkylation sites (tertiary alicyclic amines) is 1. The van der Waals surface area contributed by atoms with Crippen molar-refractivity contribution in [2.75, 3.05) is 13.1 Å². The van der Waals surface area contributed by atoms with E-state index in [4.69, 9.17) is 0 Å². The van der Waals surface area contributed by atoms with E-state index >= 15 is 0 Å². The lowest BCUT2D eigenvalue weighted by Gasteiger charge is -2.22. The Morgan fingerprint density at radius 2 is 2.17 bits per heavy atom. The summed E-state index contributed by atoms with van der Waals surface area (Å²) in [5.74, 6) is 1.78. The predicted molar refractivity (Wildman–Crippen MR) is 73.1 cm³/mol. The summed E-state index contributed by atoms with van der Waals surface area (Å²) in [7, 11) is 0. The van der Waals surface area contributed by atoms with E-state index in [1.807, 2.05) is 4.68 Å². The zero-order valence-electron chi connectivity index (χ0n) is 11.5. The Kier molecular flexibility index (Phi) is 3.25. The van der Waals surface area contributed by atoms with Crippen molar-refractivity contribution in [3.8, 4) is 0 Å². The summed E-state index contributed by atoms with van der Waals surface area (Å²) in [5.41, 5.74) is 2.81. The van der Waals surface area contributed by atoms with Crippen LogP contribution in [0.1, 0.15) is 32.4 Å². The van der Waals surface area contributed by atoms with E-state index in [-0.39, 0.29) is 0 Å². The Morgan fingerprint density at radius 1 is 1.33 bits per heavy atom. The summed E-state index contributed by atoms with van der Waals surface area (Å²) < 4.78 is 2.02. The number of hydrogen-bond donors (Lipinski definition) is 0. The highest BCUT2D eigenvalue weighted by Crippen LogP contribution is 2.35. The van der Waals surface area contributed by atoms with Crippen molar-refractivity contribution in [2.24, 2.45) is 11.8 Å². The van der Waals surface area contributed by atoms with Crippen molar-refractivity contribution >= 4 is 0 Å². The first-order valence-electron chi connectivity index (χ1n) is 7.15. The molecule has 98 valence electrons. The van der Waals surface area contributed by atoms with Gasteiger partial charge >= 0.3 is 0 Å². The molecule has 0 aromatic carbocycles. The lowest BCUT2D eigenvalue weighted by atomic mass is 9.83. The third-order valence-corrected chi connectivity index (χ3v) is 4.41. The highest BCUT2D eigenvalue weighted by atomic mass is 15.3. The number of aromatic nitrogens is 2. The average molecular weight is 245 g/mol. The van der Waals surface area contributed by atoms with Crippen LogP contribution in [-0.2, 0) is 13.1 Å². The Labute approximate surface area is 109 Å². The molecule has 1 aliphatic carbocycles. The van der Waals surface area contributed by atoms with Crippen molar-refractivity contribution in [3.63, 3.8) is 0 Å². The summed E-state index contributed by atoms with van der Waals surface area (Å²) in [5, 5.41) is 4.59. The van der Waals surface area contributed by atoms with Crippen molar-refractivity contribution in [2.45, 2.75) is 39.8 Å². The second-order valence-electron chi connectivity index (χ2n) is 5.87. The van der Waals surface area contributed by atoms with E-state index in [0.717, 1.165) is 24.9 Å². The zero-order valence-corrected chi connectivity index (χ0v) is 11.5. The fourth-order valence-corrected chi connectivity index (χ4v) is 3.41. The van der Waals surface area contributed by atoms with Gasteiger partial charge < -0.3 is 0 Å². The van der Waals surface area contributed by atoms with E-state index < -0.39 is 0 Å². The van der Waals surface area contributed by atoms with Gasteiger partial charge in [0.05, 0.1) is 5.69 Å². The summed E-state index contributed by atoms with van der Waals surface area (Å²) in [4.78, 5) is 2.59. The molecule has 3 heteroatoms. The SMILES string of the molecule is CCn1ccc(CN2C[C@H]3CC(C)=CC[C@H]3C2)n1. The lowest BCUT2D eigenvalue weighted by Crippen LogP contribution is -2.20. The van der Waals surface area contributed by atoms with Crippen LogP contribution in [-0.4, -0.2) is 27.8 Å². The summed E-state index contributed by atoms with van der Waals surface area (Å²) in [6, 6.07) is 2.16. The van der Waals surface area contributed by atoms with Crippen molar-refractivity contribution in [1.29, 1.82) is 0 Å². The average Bonchev–Trinajstić information content (AvgIpc) is 2.95. The summed E-state index contributed by atoms with van der Waals surface area (Å²) in [6.45, 7) is 8.92. The van der Waals surface area contributed by atoms with Crippen LogP contribution in [0.3, 0.4) is 0 Å². The minimum Gasteiger partial charge on any atom is -0.297 e. The molecule has 0 saturated carbocycles. The number of allylic oxidation sites excluding steroid dienone is 2. The first kappa shape index (κ1) is 12.0. The third kappa shape index (κ3) is 2.37. The van der Waals surface area contributed by atoms with Gasteiger partial charge in [-0.1, -0.05) is 11.6 Å². The van der Waals surface area contributed by atoms with E-state index in [1.165, 1.54) is 31.6 Å². The Balaban J connectivity index is 1.60. The molecule has 1 aromatic heterocycles. The van der Waals surface area contributed by atoms with Gasteiger partial charge in [0.1, 0.15) is 0 Å². The standard InChI is InChI=1S/C15H23N3/c1-3-18-7-6-15(16-18)11-17-9-13-5-4-12(2)8-14(13)10-17/h4,6-7,13-14H,3,5,8-11H2,1-2H3/t13-,14+/m0/s1. The molecular formula is C15H23N3. The molecule has 1 aromatic rings. The van der Waals surface area contributed by atoms with E-state index in [9.17, 15) is 0 Å². The fraction of sp³-hybridized carbons (Fsp3) is 0.667. The Bertz CT molecular complexity index is 446. The molecule has 2 heterocycles. The predicted octanol–water partition coefficient (Wildman–Crippen LogP) is 2.69. The van der Waals surface area contributed by atoms with Crippen LogP contribution in [0.25, 0.3) is 0 Å². The van der Waals surface area contributed by atoms with Gasteiger partial charge in [0.2, 0.25) is 0 Å². The molecule has 2 aliphatic rings. The minimum absolute atomic E-state index is 0.891. The quantitative estimate of drug-likeness (QED) is 0.763. The zero-order chi connectivity index (χ0) is 12.5. The molecule has 0 spiro atoms. The van der Waals surface area contributed by atoms with Crippen LogP contribution in [0.5, 0.6) is 0 Å². The molecule has 0 amide bonds. The molecule has 0 radical (unpaired) electrons.